The molecule has 0 amide bonds. The van der Waals surface area contributed by atoms with Crippen LogP contribution < -0.4 is 4.74 Å². The Morgan fingerprint density at radius 1 is 0.656 bits per heavy atom. The van der Waals surface area contributed by atoms with Gasteiger partial charge in [-0.3, -0.25) is 0 Å². The molecule has 4 rings (SSSR count). The second-order valence-electron chi connectivity index (χ2n) is 6.83. The van der Waals surface area contributed by atoms with Gasteiger partial charge in [0.25, 0.3) is 0 Å². The average Bonchev–Trinajstić information content (AvgIpc) is 2.76. The van der Waals surface area contributed by atoms with Crippen LogP contribution in [0.15, 0.2) is 54.6 Å². The fourth-order valence-electron chi connectivity index (χ4n) is 3.24. The van der Waals surface area contributed by atoms with E-state index < -0.39 is 40.5 Å². The van der Waals surface area contributed by atoms with Crippen molar-refractivity contribution in [3.63, 3.8) is 0 Å². The minimum absolute atomic E-state index is 0.00963. The number of hydrogen-bond donors (Lipinski definition) is 0. The van der Waals surface area contributed by atoms with Crippen LogP contribution in [0, 0.1) is 46.7 Å². The first-order valence-corrected chi connectivity index (χ1v) is 9.20. The molecule has 0 saturated heterocycles. The molecule has 4 aromatic rings. The molecule has 0 bridgehead atoms. The number of fused-ring (bicyclic) bond motifs is 1. The summed E-state index contributed by atoms with van der Waals surface area (Å²) in [6.07, 6.45) is 0. The SMILES string of the molecule is COc1cc(F)c(-c2ccc(C#Cc3ccc4c(F)c(F)c(F)cc4c3)c(F)c2)c(F)c1. The lowest BCUT2D eigenvalue weighted by Gasteiger charge is -2.08. The molecule has 4 aromatic carbocycles. The van der Waals surface area contributed by atoms with Crippen molar-refractivity contribution in [1.29, 1.82) is 0 Å². The number of benzene rings is 4. The lowest BCUT2D eigenvalue weighted by Crippen LogP contribution is -1.95. The van der Waals surface area contributed by atoms with Crippen molar-refractivity contribution in [2.24, 2.45) is 0 Å². The predicted molar refractivity (Wildman–Crippen MR) is 108 cm³/mol. The first-order chi connectivity index (χ1) is 15.3. The molecule has 7 heteroatoms. The van der Waals surface area contributed by atoms with Crippen LogP contribution in [0.3, 0.4) is 0 Å². The summed E-state index contributed by atoms with van der Waals surface area (Å²) in [6, 6.07) is 10.3. The predicted octanol–water partition coefficient (Wildman–Crippen LogP) is 6.75. The Hall–Kier alpha value is -3.92. The van der Waals surface area contributed by atoms with Crippen molar-refractivity contribution in [2.45, 2.75) is 0 Å². The van der Waals surface area contributed by atoms with Crippen LogP contribution in [-0.4, -0.2) is 7.11 Å². The standard InChI is InChI=1S/C25H12F6O/c1-32-17-11-20(27)23(21(28)12-17)15-6-5-14(19(26)9-15)4-2-13-3-7-18-16(8-13)10-22(29)25(31)24(18)30/h3,5-12H,1H3. The van der Waals surface area contributed by atoms with Gasteiger partial charge >= 0.3 is 0 Å². The Kier molecular flexibility index (Phi) is 5.54. The summed E-state index contributed by atoms with van der Waals surface area (Å²) >= 11 is 0. The van der Waals surface area contributed by atoms with Crippen LogP contribution in [0.5, 0.6) is 5.75 Å². The van der Waals surface area contributed by atoms with Crippen LogP contribution in [0.1, 0.15) is 11.1 Å². The molecule has 0 spiro atoms. The van der Waals surface area contributed by atoms with E-state index in [0.29, 0.717) is 5.56 Å². The van der Waals surface area contributed by atoms with Crippen LogP contribution in [0.4, 0.5) is 26.3 Å². The molecular formula is C25H12F6O. The van der Waals surface area contributed by atoms with Gasteiger partial charge in [0.2, 0.25) is 0 Å². The van der Waals surface area contributed by atoms with E-state index >= 15 is 0 Å². The maximum Gasteiger partial charge on any atom is 0.195 e. The van der Waals surface area contributed by atoms with Gasteiger partial charge in [-0.25, -0.2) is 26.3 Å². The van der Waals surface area contributed by atoms with E-state index in [0.717, 1.165) is 24.3 Å². The largest absolute Gasteiger partial charge is 0.497 e. The maximum atomic E-state index is 14.5. The van der Waals surface area contributed by atoms with Gasteiger partial charge in [-0.05, 0) is 41.3 Å². The van der Waals surface area contributed by atoms with E-state index in [2.05, 4.69) is 11.8 Å². The fraction of sp³-hybridized carbons (Fsp3) is 0.0400. The van der Waals surface area contributed by atoms with Crippen LogP contribution in [0.2, 0.25) is 0 Å². The van der Waals surface area contributed by atoms with Crippen molar-refractivity contribution in [3.8, 4) is 28.7 Å². The molecule has 0 aliphatic rings. The first-order valence-electron chi connectivity index (χ1n) is 9.20. The number of hydrogen-bond acceptors (Lipinski definition) is 1. The lowest BCUT2D eigenvalue weighted by molar-refractivity contribution is 0.407. The van der Waals surface area contributed by atoms with Gasteiger partial charge in [0, 0.05) is 23.1 Å². The summed E-state index contributed by atoms with van der Waals surface area (Å²) in [4.78, 5) is 0. The average molecular weight is 442 g/mol. The minimum atomic E-state index is -1.57. The maximum absolute atomic E-state index is 14.5. The van der Waals surface area contributed by atoms with Crippen molar-refractivity contribution in [1.82, 2.24) is 0 Å². The highest BCUT2D eigenvalue weighted by Crippen LogP contribution is 2.31. The topological polar surface area (TPSA) is 9.23 Å². The highest BCUT2D eigenvalue weighted by atomic mass is 19.2. The van der Waals surface area contributed by atoms with Gasteiger partial charge in [0.05, 0.1) is 18.2 Å². The second kappa shape index (κ2) is 8.31. The third-order valence-corrected chi connectivity index (χ3v) is 4.82. The fourth-order valence-corrected chi connectivity index (χ4v) is 3.24. The summed E-state index contributed by atoms with van der Waals surface area (Å²) in [6.45, 7) is 0. The molecule has 0 heterocycles. The molecule has 0 N–H and O–H groups in total. The third kappa shape index (κ3) is 3.87. The molecule has 0 saturated carbocycles. The quantitative estimate of drug-likeness (QED) is 0.190. The molecule has 0 aromatic heterocycles. The van der Waals surface area contributed by atoms with Crippen molar-refractivity contribution in [2.75, 3.05) is 7.11 Å². The van der Waals surface area contributed by atoms with Crippen molar-refractivity contribution in [3.05, 3.63) is 101 Å². The van der Waals surface area contributed by atoms with Gasteiger partial charge in [-0.2, -0.15) is 0 Å². The van der Waals surface area contributed by atoms with Gasteiger partial charge in [-0.1, -0.05) is 24.0 Å². The zero-order valence-electron chi connectivity index (χ0n) is 16.4. The van der Waals surface area contributed by atoms with Crippen LogP contribution >= 0.6 is 0 Å². The number of halogens is 6. The number of methoxy groups -OCH3 is 1. The Morgan fingerprint density at radius 3 is 2.03 bits per heavy atom. The third-order valence-electron chi connectivity index (χ3n) is 4.82. The van der Waals surface area contributed by atoms with Gasteiger partial charge in [0.15, 0.2) is 17.5 Å². The summed E-state index contributed by atoms with van der Waals surface area (Å²) in [5, 5.41) is -0.0250. The van der Waals surface area contributed by atoms with E-state index in [-0.39, 0.29) is 27.6 Å². The van der Waals surface area contributed by atoms with E-state index in [9.17, 15) is 26.3 Å². The van der Waals surface area contributed by atoms with E-state index in [1.807, 2.05) is 0 Å². The highest BCUT2D eigenvalue weighted by Gasteiger charge is 2.16. The van der Waals surface area contributed by atoms with Gasteiger partial charge < -0.3 is 4.74 Å². The van der Waals surface area contributed by atoms with Crippen molar-refractivity contribution >= 4 is 10.8 Å². The summed E-state index contributed by atoms with van der Waals surface area (Å²) in [7, 11) is 1.27. The minimum Gasteiger partial charge on any atom is -0.497 e. The zero-order chi connectivity index (χ0) is 23.0. The van der Waals surface area contributed by atoms with Crippen LogP contribution in [-0.2, 0) is 0 Å². The molecule has 160 valence electrons. The molecule has 0 aliphatic heterocycles. The molecule has 0 radical (unpaired) electrons. The monoisotopic (exact) mass is 442 g/mol. The van der Waals surface area contributed by atoms with E-state index in [1.54, 1.807) is 0 Å². The Bertz CT molecular complexity index is 1410. The Balaban J connectivity index is 1.69. The lowest BCUT2D eigenvalue weighted by atomic mass is 10.0. The van der Waals surface area contributed by atoms with E-state index in [4.69, 9.17) is 4.74 Å². The highest BCUT2D eigenvalue weighted by molar-refractivity contribution is 5.84. The van der Waals surface area contributed by atoms with E-state index in [1.165, 1.54) is 37.4 Å². The summed E-state index contributed by atoms with van der Waals surface area (Å²) in [5.74, 6) is -1.63. The Labute approximate surface area is 178 Å². The smallest absolute Gasteiger partial charge is 0.195 e. The second-order valence-corrected chi connectivity index (χ2v) is 6.83. The molecule has 0 atom stereocenters. The first kappa shape index (κ1) is 21.3. The van der Waals surface area contributed by atoms with Crippen molar-refractivity contribution < 1.29 is 31.1 Å². The molecule has 0 aliphatic carbocycles. The number of ether oxygens (including phenoxy) is 1. The molecule has 0 fully saturated rings. The number of rotatable bonds is 2. The molecule has 0 unspecified atom stereocenters. The van der Waals surface area contributed by atoms with Crippen LogP contribution in [0.25, 0.3) is 21.9 Å². The molecule has 32 heavy (non-hydrogen) atoms. The van der Waals surface area contributed by atoms with Gasteiger partial charge in [-0.15, -0.1) is 0 Å². The summed E-state index contributed by atoms with van der Waals surface area (Å²) in [5.41, 5.74) is -0.183. The Morgan fingerprint density at radius 2 is 1.38 bits per heavy atom. The normalized spacial score (nSPS) is 10.7. The zero-order valence-corrected chi connectivity index (χ0v) is 16.4. The summed E-state index contributed by atoms with van der Waals surface area (Å²) < 4.78 is 88.4. The molecular weight excluding hydrogens is 430 g/mol. The molecule has 1 nitrogen and oxygen atoms in total. The van der Waals surface area contributed by atoms with Gasteiger partial charge in [0.1, 0.15) is 23.2 Å².